The number of alkyl halides is 2. The Morgan fingerprint density at radius 2 is 2.11 bits per heavy atom. The number of hydrogen-bond acceptors (Lipinski definition) is 3. The molecule has 98 valence electrons. The number of ether oxygens (including phenoxy) is 1. The lowest BCUT2D eigenvalue weighted by molar-refractivity contribution is -0.118. The van der Waals surface area contributed by atoms with Gasteiger partial charge < -0.3 is 15.4 Å². The van der Waals surface area contributed by atoms with Gasteiger partial charge in [-0.2, -0.15) is 0 Å². The number of halogens is 2. The average Bonchev–Trinajstić information content (AvgIpc) is 2.37. The molecule has 0 radical (unpaired) electrons. The molecule has 2 amide bonds. The highest BCUT2D eigenvalue weighted by Gasteiger charge is 2.16. The zero-order valence-corrected chi connectivity index (χ0v) is 10.5. The van der Waals surface area contributed by atoms with Gasteiger partial charge in [-0.3, -0.25) is 9.59 Å². The number of nitrogens with one attached hydrogen (secondary N) is 2. The molecule has 0 spiro atoms. The molecule has 0 fully saturated rings. The van der Waals surface area contributed by atoms with Crippen LogP contribution < -0.4 is 15.4 Å². The predicted molar refractivity (Wildman–Crippen MR) is 65.8 cm³/mol. The van der Waals surface area contributed by atoms with Gasteiger partial charge in [0.15, 0.2) is 0 Å². The highest BCUT2D eigenvalue weighted by molar-refractivity contribution is 6.31. The van der Waals surface area contributed by atoms with Crippen LogP contribution >= 0.6 is 11.6 Å². The van der Waals surface area contributed by atoms with Crippen molar-refractivity contribution in [3.8, 4) is 5.75 Å². The molecule has 0 aliphatic heterocycles. The standard InChI is InChI=1S/C11H12ClFN2O3/c1-14-10(16)6-3-4-7(8(5-6)18-2)15-11(17)9(12)13/h3-5,9H,1-2H3,(H,14,16)(H,15,17). The molecule has 0 heterocycles. The second-order valence-corrected chi connectivity index (χ2v) is 3.67. The number of amides is 2. The summed E-state index contributed by atoms with van der Waals surface area (Å²) < 4.78 is 17.5. The molecule has 0 saturated heterocycles. The lowest BCUT2D eigenvalue weighted by Crippen LogP contribution is -2.20. The molecule has 0 aromatic heterocycles. The number of hydrogen-bond donors (Lipinski definition) is 2. The summed E-state index contributed by atoms with van der Waals surface area (Å²) in [5, 5.41) is 4.69. The van der Waals surface area contributed by atoms with E-state index >= 15 is 0 Å². The van der Waals surface area contributed by atoms with Crippen LogP contribution in [0.2, 0.25) is 0 Å². The van der Waals surface area contributed by atoms with Gasteiger partial charge in [0.1, 0.15) is 5.75 Å². The number of rotatable bonds is 4. The average molecular weight is 275 g/mol. The van der Waals surface area contributed by atoms with Gasteiger partial charge in [-0.1, -0.05) is 11.6 Å². The first-order valence-electron chi connectivity index (χ1n) is 4.98. The molecule has 0 bridgehead atoms. The topological polar surface area (TPSA) is 67.4 Å². The van der Waals surface area contributed by atoms with Gasteiger partial charge >= 0.3 is 0 Å². The smallest absolute Gasteiger partial charge is 0.274 e. The number of carbonyl (C=O) groups is 2. The Bertz CT molecular complexity index is 466. The number of anilines is 1. The fourth-order valence-corrected chi connectivity index (χ4v) is 1.32. The SMILES string of the molecule is CNC(=O)c1ccc(NC(=O)C(F)Cl)c(OC)c1. The summed E-state index contributed by atoms with van der Waals surface area (Å²) in [6.45, 7) is 0. The van der Waals surface area contributed by atoms with E-state index in [1.165, 1.54) is 32.4 Å². The minimum absolute atomic E-state index is 0.235. The van der Waals surface area contributed by atoms with E-state index in [1.54, 1.807) is 0 Å². The minimum Gasteiger partial charge on any atom is -0.495 e. The Kier molecular flexibility index (Phi) is 4.91. The second kappa shape index (κ2) is 6.20. The molecule has 2 N–H and O–H groups in total. The van der Waals surface area contributed by atoms with E-state index in [2.05, 4.69) is 10.6 Å². The fourth-order valence-electron chi connectivity index (χ4n) is 1.27. The molecular weight excluding hydrogens is 263 g/mol. The van der Waals surface area contributed by atoms with E-state index in [4.69, 9.17) is 16.3 Å². The summed E-state index contributed by atoms with van der Waals surface area (Å²) in [5.74, 6) is -1.06. The quantitative estimate of drug-likeness (QED) is 0.818. The summed E-state index contributed by atoms with van der Waals surface area (Å²) in [6.07, 6.45) is 0. The van der Waals surface area contributed by atoms with Gasteiger partial charge in [-0.25, -0.2) is 4.39 Å². The van der Waals surface area contributed by atoms with Crippen molar-refractivity contribution in [3.05, 3.63) is 23.8 Å². The summed E-state index contributed by atoms with van der Waals surface area (Å²) in [6, 6.07) is 4.33. The summed E-state index contributed by atoms with van der Waals surface area (Å²) in [4.78, 5) is 22.5. The minimum atomic E-state index is -2.15. The summed E-state index contributed by atoms with van der Waals surface area (Å²) in [5.41, 5.74) is -1.55. The van der Waals surface area contributed by atoms with Crippen molar-refractivity contribution >= 4 is 29.1 Å². The molecule has 5 nitrogen and oxygen atoms in total. The molecule has 1 aromatic carbocycles. The first-order valence-corrected chi connectivity index (χ1v) is 5.42. The lowest BCUT2D eigenvalue weighted by Gasteiger charge is -2.11. The molecule has 1 unspecified atom stereocenters. The maximum Gasteiger partial charge on any atom is 0.274 e. The molecule has 0 aliphatic carbocycles. The van der Waals surface area contributed by atoms with Crippen molar-refractivity contribution in [2.75, 3.05) is 19.5 Å². The fraction of sp³-hybridized carbons (Fsp3) is 0.273. The lowest BCUT2D eigenvalue weighted by atomic mass is 10.1. The van der Waals surface area contributed by atoms with Gasteiger partial charge in [0, 0.05) is 12.6 Å². The van der Waals surface area contributed by atoms with Crippen molar-refractivity contribution in [1.29, 1.82) is 0 Å². The molecule has 0 aliphatic rings. The third-order valence-electron chi connectivity index (χ3n) is 2.15. The van der Waals surface area contributed by atoms with E-state index in [9.17, 15) is 14.0 Å². The highest BCUT2D eigenvalue weighted by atomic mass is 35.5. The van der Waals surface area contributed by atoms with Crippen molar-refractivity contribution in [2.24, 2.45) is 0 Å². The van der Waals surface area contributed by atoms with E-state index in [0.717, 1.165) is 0 Å². The van der Waals surface area contributed by atoms with Gasteiger partial charge in [-0.15, -0.1) is 0 Å². The Morgan fingerprint density at radius 3 is 2.61 bits per heavy atom. The number of carbonyl (C=O) groups excluding carboxylic acids is 2. The van der Waals surface area contributed by atoms with Crippen LogP contribution in [0.3, 0.4) is 0 Å². The molecule has 1 aromatic rings. The van der Waals surface area contributed by atoms with Gasteiger partial charge in [-0.05, 0) is 18.2 Å². The third kappa shape index (κ3) is 3.33. The largest absolute Gasteiger partial charge is 0.495 e. The van der Waals surface area contributed by atoms with Crippen LogP contribution in [0.1, 0.15) is 10.4 Å². The zero-order valence-electron chi connectivity index (χ0n) is 9.79. The Morgan fingerprint density at radius 1 is 1.44 bits per heavy atom. The predicted octanol–water partition coefficient (Wildman–Crippen LogP) is 1.53. The molecule has 1 rings (SSSR count). The summed E-state index contributed by atoms with van der Waals surface area (Å²) in [7, 11) is 2.86. The van der Waals surface area contributed by atoms with E-state index < -0.39 is 11.5 Å². The Hall–Kier alpha value is -1.82. The van der Waals surface area contributed by atoms with Crippen LogP contribution in [0.5, 0.6) is 5.75 Å². The maximum absolute atomic E-state index is 12.5. The monoisotopic (exact) mass is 274 g/mol. The normalized spacial score (nSPS) is 11.6. The van der Waals surface area contributed by atoms with Crippen LogP contribution in [0.25, 0.3) is 0 Å². The molecular formula is C11H12ClFN2O3. The van der Waals surface area contributed by atoms with E-state index in [0.29, 0.717) is 5.56 Å². The van der Waals surface area contributed by atoms with Crippen molar-refractivity contribution in [3.63, 3.8) is 0 Å². The van der Waals surface area contributed by atoms with Crippen molar-refractivity contribution in [2.45, 2.75) is 5.63 Å². The number of benzene rings is 1. The van der Waals surface area contributed by atoms with Gasteiger partial charge in [0.25, 0.3) is 17.4 Å². The molecule has 0 saturated carbocycles. The van der Waals surface area contributed by atoms with E-state index in [1.807, 2.05) is 0 Å². The first-order chi connectivity index (χ1) is 8.49. The van der Waals surface area contributed by atoms with Crippen molar-refractivity contribution in [1.82, 2.24) is 5.32 Å². The Balaban J connectivity index is 3.00. The van der Waals surface area contributed by atoms with Crippen LogP contribution in [0.4, 0.5) is 10.1 Å². The van der Waals surface area contributed by atoms with Crippen molar-refractivity contribution < 1.29 is 18.7 Å². The third-order valence-corrected chi connectivity index (χ3v) is 2.35. The first kappa shape index (κ1) is 14.2. The highest BCUT2D eigenvalue weighted by Crippen LogP contribution is 2.26. The van der Waals surface area contributed by atoms with Crippen LogP contribution in [0.15, 0.2) is 18.2 Å². The Labute approximate surface area is 108 Å². The summed E-state index contributed by atoms with van der Waals surface area (Å²) >= 11 is 4.99. The van der Waals surface area contributed by atoms with Gasteiger partial charge in [0.2, 0.25) is 0 Å². The van der Waals surface area contributed by atoms with Gasteiger partial charge in [0.05, 0.1) is 12.8 Å². The zero-order chi connectivity index (χ0) is 13.7. The molecule has 7 heteroatoms. The molecule has 1 atom stereocenters. The van der Waals surface area contributed by atoms with E-state index in [-0.39, 0.29) is 17.3 Å². The molecule has 18 heavy (non-hydrogen) atoms. The second-order valence-electron chi connectivity index (χ2n) is 3.28. The maximum atomic E-state index is 12.5. The van der Waals surface area contributed by atoms with Crippen LogP contribution in [-0.2, 0) is 4.79 Å². The van der Waals surface area contributed by atoms with Crippen LogP contribution in [0, 0.1) is 0 Å². The van der Waals surface area contributed by atoms with Crippen LogP contribution in [-0.4, -0.2) is 31.6 Å². The number of methoxy groups -OCH3 is 1.